The van der Waals surface area contributed by atoms with Crippen molar-refractivity contribution in [3.05, 3.63) is 59.2 Å². The molecule has 0 saturated carbocycles. The van der Waals surface area contributed by atoms with E-state index in [1.165, 1.54) is 7.11 Å². The third-order valence-corrected chi connectivity index (χ3v) is 2.91. The van der Waals surface area contributed by atoms with Crippen molar-refractivity contribution in [2.45, 2.75) is 6.04 Å². The molecule has 1 unspecified atom stereocenters. The van der Waals surface area contributed by atoms with Crippen molar-refractivity contribution in [2.75, 3.05) is 12.4 Å². The zero-order valence-electron chi connectivity index (χ0n) is 10.3. The van der Waals surface area contributed by atoms with Crippen molar-refractivity contribution in [3.8, 4) is 0 Å². The molecule has 4 nitrogen and oxygen atoms in total. The van der Waals surface area contributed by atoms with Crippen LogP contribution in [0, 0.1) is 0 Å². The number of pyridine rings is 1. The lowest BCUT2D eigenvalue weighted by atomic mass is 10.1. The molecule has 1 heterocycles. The third kappa shape index (κ3) is 3.23. The van der Waals surface area contributed by atoms with Crippen LogP contribution in [0.4, 0.5) is 5.82 Å². The molecule has 1 aromatic carbocycles. The van der Waals surface area contributed by atoms with Gasteiger partial charge in [0.2, 0.25) is 0 Å². The van der Waals surface area contributed by atoms with Gasteiger partial charge in [0.1, 0.15) is 5.82 Å². The molecule has 1 aromatic heterocycles. The Bertz CT molecular complexity index is 560. The normalized spacial score (nSPS) is 11.7. The summed E-state index contributed by atoms with van der Waals surface area (Å²) in [6, 6.07) is 12.1. The lowest BCUT2D eigenvalue weighted by molar-refractivity contribution is -0.141. The highest BCUT2D eigenvalue weighted by atomic mass is 35.5. The average molecular weight is 277 g/mol. The number of hydrogen-bond donors (Lipinski definition) is 1. The molecular formula is C14H13ClN2O2. The van der Waals surface area contributed by atoms with E-state index in [1.807, 2.05) is 30.3 Å². The van der Waals surface area contributed by atoms with Crippen LogP contribution in [0.3, 0.4) is 0 Å². The number of carbonyl (C=O) groups excluding carboxylic acids is 1. The molecule has 1 N–H and O–H groups in total. The second-order valence-corrected chi connectivity index (χ2v) is 4.25. The minimum Gasteiger partial charge on any atom is -0.467 e. The Kier molecular flexibility index (Phi) is 4.36. The van der Waals surface area contributed by atoms with Gasteiger partial charge in [-0.05, 0) is 17.7 Å². The van der Waals surface area contributed by atoms with Crippen molar-refractivity contribution in [1.29, 1.82) is 0 Å². The van der Waals surface area contributed by atoms with Gasteiger partial charge in [0.05, 0.1) is 12.1 Å². The summed E-state index contributed by atoms with van der Waals surface area (Å²) in [5.41, 5.74) is 0.788. The number of ether oxygens (including phenoxy) is 1. The number of carbonyl (C=O) groups is 1. The maximum absolute atomic E-state index is 11.9. The predicted octanol–water partition coefficient (Wildman–Crippen LogP) is 3.06. The van der Waals surface area contributed by atoms with E-state index in [1.54, 1.807) is 18.3 Å². The van der Waals surface area contributed by atoms with E-state index in [9.17, 15) is 4.79 Å². The lowest BCUT2D eigenvalue weighted by Crippen LogP contribution is -2.22. The third-order valence-electron chi connectivity index (χ3n) is 2.61. The van der Waals surface area contributed by atoms with E-state index < -0.39 is 12.0 Å². The van der Waals surface area contributed by atoms with Crippen LogP contribution in [0.1, 0.15) is 11.6 Å². The van der Waals surface area contributed by atoms with Crippen LogP contribution in [0.2, 0.25) is 5.02 Å². The van der Waals surface area contributed by atoms with Crippen LogP contribution in [0.25, 0.3) is 0 Å². The Hall–Kier alpha value is -2.07. The molecule has 0 aliphatic rings. The van der Waals surface area contributed by atoms with Gasteiger partial charge in [0.15, 0.2) is 6.04 Å². The van der Waals surface area contributed by atoms with E-state index in [-0.39, 0.29) is 0 Å². The summed E-state index contributed by atoms with van der Waals surface area (Å²) in [5, 5.41) is 3.45. The molecule has 0 saturated heterocycles. The summed E-state index contributed by atoms with van der Waals surface area (Å²) >= 11 is 6.03. The largest absolute Gasteiger partial charge is 0.467 e. The molecule has 2 rings (SSSR count). The minimum atomic E-state index is -0.640. The predicted molar refractivity (Wildman–Crippen MR) is 74.1 cm³/mol. The summed E-state index contributed by atoms with van der Waals surface area (Å²) in [5.74, 6) is 0.0522. The fourth-order valence-corrected chi connectivity index (χ4v) is 1.85. The first-order chi connectivity index (χ1) is 9.22. The molecule has 2 aromatic rings. The van der Waals surface area contributed by atoms with Gasteiger partial charge >= 0.3 is 5.97 Å². The molecule has 1 atom stereocenters. The maximum atomic E-state index is 11.9. The molecule has 0 aliphatic heterocycles. The Morgan fingerprint density at radius 3 is 2.63 bits per heavy atom. The number of anilines is 1. The monoisotopic (exact) mass is 276 g/mol. The highest BCUT2D eigenvalue weighted by Crippen LogP contribution is 2.24. The van der Waals surface area contributed by atoms with E-state index in [4.69, 9.17) is 16.3 Å². The number of rotatable bonds is 4. The van der Waals surface area contributed by atoms with Crippen molar-refractivity contribution < 1.29 is 9.53 Å². The Morgan fingerprint density at radius 1 is 1.26 bits per heavy atom. The second-order valence-electron chi connectivity index (χ2n) is 3.85. The second kappa shape index (κ2) is 6.20. The molecule has 5 heteroatoms. The zero-order chi connectivity index (χ0) is 13.7. The molecule has 0 radical (unpaired) electrons. The van der Waals surface area contributed by atoms with Gasteiger partial charge in [-0.15, -0.1) is 0 Å². The van der Waals surface area contributed by atoms with Crippen LogP contribution in [-0.4, -0.2) is 18.1 Å². The van der Waals surface area contributed by atoms with Crippen molar-refractivity contribution in [2.24, 2.45) is 0 Å². The van der Waals surface area contributed by atoms with Gasteiger partial charge in [0, 0.05) is 6.20 Å². The van der Waals surface area contributed by atoms with E-state index in [0.717, 1.165) is 5.56 Å². The van der Waals surface area contributed by atoms with Crippen LogP contribution in [0.5, 0.6) is 0 Å². The van der Waals surface area contributed by atoms with Crippen molar-refractivity contribution in [1.82, 2.24) is 4.98 Å². The highest BCUT2D eigenvalue weighted by Gasteiger charge is 2.22. The van der Waals surface area contributed by atoms with E-state index in [2.05, 4.69) is 10.3 Å². The van der Waals surface area contributed by atoms with Crippen LogP contribution in [0.15, 0.2) is 48.7 Å². The Labute approximate surface area is 116 Å². The quantitative estimate of drug-likeness (QED) is 0.872. The van der Waals surface area contributed by atoms with Gasteiger partial charge < -0.3 is 10.1 Å². The molecule has 0 bridgehead atoms. The molecular weight excluding hydrogens is 264 g/mol. The standard InChI is InChI=1S/C14H13ClN2O2/c1-19-14(18)12(10-6-3-2-4-7-10)17-13-11(15)8-5-9-16-13/h2-9,12H,1H3,(H,16,17). The van der Waals surface area contributed by atoms with Crippen LogP contribution < -0.4 is 5.32 Å². The van der Waals surface area contributed by atoms with Gasteiger partial charge in [-0.3, -0.25) is 0 Å². The number of nitrogens with one attached hydrogen (secondary N) is 1. The zero-order valence-corrected chi connectivity index (χ0v) is 11.1. The molecule has 98 valence electrons. The van der Waals surface area contributed by atoms with Gasteiger partial charge in [-0.25, -0.2) is 9.78 Å². The number of esters is 1. The number of halogens is 1. The Morgan fingerprint density at radius 2 is 2.00 bits per heavy atom. The van der Waals surface area contributed by atoms with Crippen LogP contribution in [-0.2, 0) is 9.53 Å². The number of hydrogen-bond acceptors (Lipinski definition) is 4. The van der Waals surface area contributed by atoms with E-state index in [0.29, 0.717) is 10.8 Å². The smallest absolute Gasteiger partial charge is 0.333 e. The van der Waals surface area contributed by atoms with Crippen molar-refractivity contribution >= 4 is 23.4 Å². The minimum absolute atomic E-state index is 0.395. The maximum Gasteiger partial charge on any atom is 0.333 e. The number of nitrogens with zero attached hydrogens (tertiary/aromatic N) is 1. The summed E-state index contributed by atoms with van der Waals surface area (Å²) in [7, 11) is 1.35. The average Bonchev–Trinajstić information content (AvgIpc) is 2.46. The van der Waals surface area contributed by atoms with Crippen LogP contribution >= 0.6 is 11.6 Å². The first-order valence-electron chi connectivity index (χ1n) is 5.72. The summed E-state index contributed by atoms with van der Waals surface area (Å²) in [4.78, 5) is 16.0. The fraction of sp³-hybridized carbons (Fsp3) is 0.143. The van der Waals surface area contributed by atoms with Crippen molar-refractivity contribution in [3.63, 3.8) is 0 Å². The topological polar surface area (TPSA) is 51.2 Å². The summed E-state index contributed by atoms with van der Waals surface area (Å²) < 4.78 is 4.81. The molecule has 0 amide bonds. The fourth-order valence-electron chi connectivity index (χ4n) is 1.67. The first-order valence-corrected chi connectivity index (χ1v) is 6.10. The molecule has 19 heavy (non-hydrogen) atoms. The number of benzene rings is 1. The Balaban J connectivity index is 2.30. The van der Waals surface area contributed by atoms with Gasteiger partial charge in [0.25, 0.3) is 0 Å². The number of methoxy groups -OCH3 is 1. The molecule has 0 aliphatic carbocycles. The first kappa shape index (κ1) is 13.4. The highest BCUT2D eigenvalue weighted by molar-refractivity contribution is 6.32. The molecule has 0 spiro atoms. The SMILES string of the molecule is COC(=O)C(Nc1ncccc1Cl)c1ccccc1. The lowest BCUT2D eigenvalue weighted by Gasteiger charge is -2.17. The van der Waals surface area contributed by atoms with Gasteiger partial charge in [-0.1, -0.05) is 41.9 Å². The molecule has 0 fully saturated rings. The summed E-state index contributed by atoms with van der Waals surface area (Å²) in [6.45, 7) is 0. The number of aromatic nitrogens is 1. The summed E-state index contributed by atoms with van der Waals surface area (Å²) in [6.07, 6.45) is 1.60. The van der Waals surface area contributed by atoms with Gasteiger partial charge in [-0.2, -0.15) is 0 Å². The van der Waals surface area contributed by atoms with E-state index >= 15 is 0 Å².